The van der Waals surface area contributed by atoms with Gasteiger partial charge in [-0.2, -0.15) is 0 Å². The molecule has 2 heterocycles. The lowest BCUT2D eigenvalue weighted by molar-refractivity contribution is 0.169. The van der Waals surface area contributed by atoms with Gasteiger partial charge in [0.25, 0.3) is 0 Å². The van der Waals surface area contributed by atoms with Crippen LogP contribution >= 0.6 is 0 Å². The SMILES string of the molecule is C=Cc1ccc(C2=C(C)c3cc(O)ccc3OC2c2ccc(OC[C@H](C)N3CC[C@@H](C)C3)cc2)cc1O. The zero-order chi connectivity index (χ0) is 26.1. The highest BCUT2D eigenvalue weighted by Crippen LogP contribution is 2.48. The monoisotopic (exact) mass is 497 g/mol. The van der Waals surface area contributed by atoms with E-state index in [1.807, 2.05) is 43.3 Å². The molecule has 2 aliphatic rings. The Hall–Kier alpha value is -3.70. The third kappa shape index (κ3) is 5.09. The Morgan fingerprint density at radius 1 is 1.11 bits per heavy atom. The second-order valence-electron chi connectivity index (χ2n) is 10.3. The van der Waals surface area contributed by atoms with Crippen LogP contribution in [-0.4, -0.2) is 40.9 Å². The predicted octanol–water partition coefficient (Wildman–Crippen LogP) is 6.91. The maximum absolute atomic E-state index is 10.5. The van der Waals surface area contributed by atoms with Crippen molar-refractivity contribution in [1.29, 1.82) is 0 Å². The van der Waals surface area contributed by atoms with Crippen molar-refractivity contribution in [1.82, 2.24) is 4.90 Å². The van der Waals surface area contributed by atoms with Crippen molar-refractivity contribution in [2.75, 3.05) is 19.7 Å². The summed E-state index contributed by atoms with van der Waals surface area (Å²) in [6.45, 7) is 13.3. The van der Waals surface area contributed by atoms with E-state index in [1.54, 1.807) is 30.3 Å². The molecular weight excluding hydrogens is 462 g/mol. The van der Waals surface area contributed by atoms with Crippen molar-refractivity contribution < 1.29 is 19.7 Å². The summed E-state index contributed by atoms with van der Waals surface area (Å²) < 4.78 is 12.6. The zero-order valence-corrected chi connectivity index (χ0v) is 21.8. The van der Waals surface area contributed by atoms with Crippen LogP contribution in [0.2, 0.25) is 0 Å². The number of nitrogens with zero attached hydrogens (tertiary/aromatic N) is 1. The number of aromatic hydroxyl groups is 2. The van der Waals surface area contributed by atoms with E-state index in [0.29, 0.717) is 24.0 Å². The minimum Gasteiger partial charge on any atom is -0.508 e. The highest BCUT2D eigenvalue weighted by Gasteiger charge is 2.30. The molecule has 37 heavy (non-hydrogen) atoms. The number of ether oxygens (including phenoxy) is 2. The van der Waals surface area contributed by atoms with Crippen molar-refractivity contribution in [3.05, 3.63) is 89.5 Å². The average molecular weight is 498 g/mol. The lowest BCUT2D eigenvalue weighted by Gasteiger charge is -2.31. The predicted molar refractivity (Wildman–Crippen MR) is 149 cm³/mol. The number of allylic oxidation sites excluding steroid dienone is 1. The standard InChI is InChI=1S/C32H35NO4/c1-5-23-6-7-25(16-29(23)35)31-22(4)28-17-26(34)10-13-30(28)37-32(31)24-8-11-27(12-9-24)36-19-21(3)33-15-14-20(2)18-33/h5-13,16-17,20-21,32,34-35H,1,14-15,18-19H2,2-4H3/t20-,21+,32?/m1/s1. The fourth-order valence-electron chi connectivity index (χ4n) is 5.36. The summed E-state index contributed by atoms with van der Waals surface area (Å²) in [5.41, 5.74) is 5.27. The molecule has 0 saturated carbocycles. The topological polar surface area (TPSA) is 62.2 Å². The summed E-state index contributed by atoms with van der Waals surface area (Å²) in [5, 5.41) is 20.7. The van der Waals surface area contributed by atoms with Crippen LogP contribution in [0.1, 0.15) is 55.5 Å². The van der Waals surface area contributed by atoms with Crippen LogP contribution in [0.3, 0.4) is 0 Å². The third-order valence-corrected chi connectivity index (χ3v) is 7.59. The van der Waals surface area contributed by atoms with Gasteiger partial charge in [0.15, 0.2) is 0 Å². The summed E-state index contributed by atoms with van der Waals surface area (Å²) in [6.07, 6.45) is 2.50. The van der Waals surface area contributed by atoms with Crippen LogP contribution in [0.25, 0.3) is 17.2 Å². The van der Waals surface area contributed by atoms with E-state index in [-0.39, 0.29) is 17.6 Å². The van der Waals surface area contributed by atoms with E-state index in [9.17, 15) is 10.2 Å². The molecule has 0 aromatic heterocycles. The fourth-order valence-corrected chi connectivity index (χ4v) is 5.36. The maximum atomic E-state index is 10.5. The first kappa shape index (κ1) is 25.0. The molecular formula is C32H35NO4. The number of rotatable bonds is 7. The molecule has 1 fully saturated rings. The lowest BCUT2D eigenvalue weighted by Crippen LogP contribution is -2.35. The van der Waals surface area contributed by atoms with E-state index in [4.69, 9.17) is 9.47 Å². The first-order valence-electron chi connectivity index (χ1n) is 13.0. The van der Waals surface area contributed by atoms with Gasteiger partial charge in [-0.3, -0.25) is 4.90 Å². The largest absolute Gasteiger partial charge is 0.508 e. The number of fused-ring (bicyclic) bond motifs is 1. The van der Waals surface area contributed by atoms with Crippen LogP contribution in [0.5, 0.6) is 23.0 Å². The Morgan fingerprint density at radius 3 is 2.57 bits per heavy atom. The first-order valence-corrected chi connectivity index (χ1v) is 13.0. The first-order chi connectivity index (χ1) is 17.8. The Balaban J connectivity index is 1.43. The highest BCUT2D eigenvalue weighted by atomic mass is 16.5. The summed E-state index contributed by atoms with van der Waals surface area (Å²) in [7, 11) is 0. The van der Waals surface area contributed by atoms with Gasteiger partial charge < -0.3 is 19.7 Å². The van der Waals surface area contributed by atoms with Gasteiger partial charge in [-0.1, -0.05) is 43.8 Å². The summed E-state index contributed by atoms with van der Waals surface area (Å²) in [4.78, 5) is 2.50. The zero-order valence-electron chi connectivity index (χ0n) is 21.8. The van der Waals surface area contributed by atoms with Gasteiger partial charge in [0.1, 0.15) is 35.7 Å². The van der Waals surface area contributed by atoms with E-state index in [2.05, 4.69) is 25.3 Å². The fraction of sp³-hybridized carbons (Fsp3) is 0.312. The van der Waals surface area contributed by atoms with E-state index in [0.717, 1.165) is 52.6 Å². The molecule has 3 aromatic rings. The van der Waals surface area contributed by atoms with Crippen molar-refractivity contribution in [2.24, 2.45) is 5.92 Å². The second kappa shape index (κ2) is 10.3. The molecule has 5 rings (SSSR count). The summed E-state index contributed by atoms with van der Waals surface area (Å²) in [5.74, 6) is 2.65. The molecule has 2 aliphatic heterocycles. The molecule has 0 bridgehead atoms. The number of benzene rings is 3. The van der Waals surface area contributed by atoms with Crippen molar-refractivity contribution >= 4 is 17.2 Å². The molecule has 0 amide bonds. The lowest BCUT2D eigenvalue weighted by atomic mass is 9.85. The third-order valence-electron chi connectivity index (χ3n) is 7.59. The van der Waals surface area contributed by atoms with Crippen molar-refractivity contribution in [2.45, 2.75) is 39.3 Å². The average Bonchev–Trinajstić information content (AvgIpc) is 3.34. The minimum absolute atomic E-state index is 0.165. The van der Waals surface area contributed by atoms with E-state index >= 15 is 0 Å². The number of hydrogen-bond donors (Lipinski definition) is 2. The highest BCUT2D eigenvalue weighted by molar-refractivity contribution is 5.96. The molecule has 1 unspecified atom stereocenters. The van der Waals surface area contributed by atoms with Gasteiger partial charge in [0.05, 0.1) is 0 Å². The Labute approximate surface area is 219 Å². The van der Waals surface area contributed by atoms with E-state index in [1.165, 1.54) is 6.42 Å². The number of phenolic OH excluding ortho intramolecular Hbond substituents is 2. The Bertz CT molecular complexity index is 1330. The molecule has 0 aliphatic carbocycles. The van der Waals surface area contributed by atoms with Crippen LogP contribution in [0.4, 0.5) is 0 Å². The number of phenols is 2. The second-order valence-corrected chi connectivity index (χ2v) is 10.3. The molecule has 2 N–H and O–H groups in total. The van der Waals surface area contributed by atoms with Gasteiger partial charge in [-0.25, -0.2) is 0 Å². The normalized spacial score (nSPS) is 20.3. The Kier molecular flexibility index (Phi) is 6.98. The molecule has 1 saturated heterocycles. The van der Waals surface area contributed by atoms with Gasteiger partial charge >= 0.3 is 0 Å². The van der Waals surface area contributed by atoms with Gasteiger partial charge in [0, 0.05) is 29.3 Å². The van der Waals surface area contributed by atoms with Gasteiger partial charge in [0.2, 0.25) is 0 Å². The molecule has 5 nitrogen and oxygen atoms in total. The number of hydrogen-bond acceptors (Lipinski definition) is 5. The summed E-state index contributed by atoms with van der Waals surface area (Å²) in [6, 6.07) is 19.2. The summed E-state index contributed by atoms with van der Waals surface area (Å²) >= 11 is 0. The van der Waals surface area contributed by atoms with Crippen LogP contribution in [0, 0.1) is 5.92 Å². The molecule has 0 spiro atoms. The molecule has 3 atom stereocenters. The number of likely N-dealkylation sites (tertiary alicyclic amines) is 1. The van der Waals surface area contributed by atoms with Gasteiger partial charge in [-0.15, -0.1) is 0 Å². The van der Waals surface area contributed by atoms with Crippen molar-refractivity contribution in [3.63, 3.8) is 0 Å². The van der Waals surface area contributed by atoms with Gasteiger partial charge in [-0.05, 0) is 85.8 Å². The maximum Gasteiger partial charge on any atom is 0.150 e. The molecule has 192 valence electrons. The minimum atomic E-state index is -0.384. The molecule has 3 aromatic carbocycles. The van der Waals surface area contributed by atoms with E-state index < -0.39 is 0 Å². The van der Waals surface area contributed by atoms with Crippen LogP contribution in [-0.2, 0) is 0 Å². The quantitative estimate of drug-likeness (QED) is 0.371. The smallest absolute Gasteiger partial charge is 0.150 e. The van der Waals surface area contributed by atoms with Crippen LogP contribution < -0.4 is 9.47 Å². The van der Waals surface area contributed by atoms with Crippen molar-refractivity contribution in [3.8, 4) is 23.0 Å². The molecule has 0 radical (unpaired) electrons. The Morgan fingerprint density at radius 2 is 1.89 bits per heavy atom. The molecule has 5 heteroatoms. The van der Waals surface area contributed by atoms with Crippen LogP contribution in [0.15, 0.2) is 67.2 Å².